The lowest BCUT2D eigenvalue weighted by atomic mass is 10.1. The molecule has 0 aliphatic carbocycles. The molecule has 0 saturated heterocycles. The first kappa shape index (κ1) is 12.2. The third-order valence-electron chi connectivity index (χ3n) is 2.23. The van der Waals surface area contributed by atoms with Crippen molar-refractivity contribution in [1.29, 1.82) is 0 Å². The van der Waals surface area contributed by atoms with E-state index in [2.05, 4.69) is 15.3 Å². The van der Waals surface area contributed by atoms with Gasteiger partial charge in [-0.05, 0) is 26.2 Å². The summed E-state index contributed by atoms with van der Waals surface area (Å²) in [6, 6.07) is 0. The fourth-order valence-corrected chi connectivity index (χ4v) is 1.36. The molecule has 0 unspecified atom stereocenters. The lowest BCUT2D eigenvalue weighted by Crippen LogP contribution is -2.08. The van der Waals surface area contributed by atoms with Crippen molar-refractivity contribution in [2.24, 2.45) is 0 Å². The summed E-state index contributed by atoms with van der Waals surface area (Å²) in [6.45, 7) is 2.74. The summed E-state index contributed by atoms with van der Waals surface area (Å²) >= 11 is 0. The van der Waals surface area contributed by atoms with Crippen molar-refractivity contribution >= 4 is 0 Å². The molecule has 0 amide bonds. The first-order valence-electron chi connectivity index (χ1n) is 5.22. The quantitative estimate of drug-likeness (QED) is 0.416. The summed E-state index contributed by atoms with van der Waals surface area (Å²) in [5.74, 6) is 0. The predicted molar refractivity (Wildman–Crippen MR) is 60.4 cm³/mol. The number of nitrogens with zero attached hydrogens (tertiary/aromatic N) is 2. The second-order valence-corrected chi connectivity index (χ2v) is 3.49. The first-order chi connectivity index (χ1) is 7.70. The number of rotatable bonds is 7. The summed E-state index contributed by atoms with van der Waals surface area (Å²) in [6.07, 6.45) is 6.88. The Labute approximate surface area is 93.9 Å². The van der Waals surface area contributed by atoms with Crippen molar-refractivity contribution in [1.82, 2.24) is 15.3 Å². The Morgan fingerprint density at radius 1 is 1.62 bits per heavy atom. The van der Waals surface area contributed by atoms with Gasteiger partial charge < -0.3 is 10.3 Å². The number of unbranched alkanes of at least 4 members (excludes halogenated alkanes) is 1. The molecule has 1 aromatic heterocycles. The van der Waals surface area contributed by atoms with E-state index in [0.717, 1.165) is 43.4 Å². The minimum Gasteiger partial charge on any atom is -0.386 e. The number of imidazole rings is 1. The number of hydrogen-bond acceptors (Lipinski definition) is 4. The van der Waals surface area contributed by atoms with Crippen LogP contribution in [0.5, 0.6) is 0 Å². The Bertz CT molecular complexity index is 359. The van der Waals surface area contributed by atoms with Crippen molar-refractivity contribution in [2.75, 3.05) is 6.54 Å². The van der Waals surface area contributed by atoms with Crippen LogP contribution in [-0.2, 0) is 6.42 Å². The van der Waals surface area contributed by atoms with E-state index in [1.54, 1.807) is 6.33 Å². The van der Waals surface area contributed by atoms with Gasteiger partial charge in [-0.25, -0.2) is 4.98 Å². The van der Waals surface area contributed by atoms with E-state index < -0.39 is 4.92 Å². The molecule has 16 heavy (non-hydrogen) atoms. The number of nitrogens with one attached hydrogen (secondary N) is 2. The number of hydrogen-bond donors (Lipinski definition) is 2. The van der Waals surface area contributed by atoms with E-state index in [0.29, 0.717) is 0 Å². The van der Waals surface area contributed by atoms with Crippen LogP contribution in [0.4, 0.5) is 0 Å². The largest absolute Gasteiger partial charge is 0.386 e. The standard InChI is InChI=1S/C10H16N4O2/c1-9-10(13-8-12-9)4-2-3-5-11-6-7-14(15)16/h6-8,11H,2-5H2,1H3,(H,12,13). The first-order valence-corrected chi connectivity index (χ1v) is 5.22. The zero-order chi connectivity index (χ0) is 11.8. The van der Waals surface area contributed by atoms with Crippen LogP contribution in [0, 0.1) is 17.0 Å². The number of aromatic amines is 1. The lowest BCUT2D eigenvalue weighted by Gasteiger charge is -2.00. The Kier molecular flexibility index (Phi) is 5.04. The van der Waals surface area contributed by atoms with Gasteiger partial charge in [-0.3, -0.25) is 10.1 Å². The maximum atomic E-state index is 9.95. The average Bonchev–Trinajstić information content (AvgIpc) is 2.62. The monoisotopic (exact) mass is 224 g/mol. The molecule has 0 atom stereocenters. The maximum absolute atomic E-state index is 9.95. The van der Waals surface area contributed by atoms with Gasteiger partial charge in [-0.2, -0.15) is 0 Å². The Hall–Kier alpha value is -1.85. The number of aryl methyl sites for hydroxylation is 2. The highest BCUT2D eigenvalue weighted by Gasteiger charge is 1.99. The normalized spacial score (nSPS) is 10.8. The highest BCUT2D eigenvalue weighted by molar-refractivity contribution is 5.08. The van der Waals surface area contributed by atoms with Gasteiger partial charge in [0.15, 0.2) is 0 Å². The molecule has 1 heterocycles. The highest BCUT2D eigenvalue weighted by Crippen LogP contribution is 2.04. The van der Waals surface area contributed by atoms with Gasteiger partial charge in [0.25, 0.3) is 0 Å². The minimum atomic E-state index is -0.486. The topological polar surface area (TPSA) is 83.8 Å². The van der Waals surface area contributed by atoms with Gasteiger partial charge in [0.2, 0.25) is 6.20 Å². The molecule has 2 N–H and O–H groups in total. The van der Waals surface area contributed by atoms with E-state index in [1.165, 1.54) is 6.20 Å². The van der Waals surface area contributed by atoms with Gasteiger partial charge in [0.05, 0.1) is 23.1 Å². The van der Waals surface area contributed by atoms with Crippen LogP contribution < -0.4 is 5.32 Å². The van der Waals surface area contributed by atoms with Crippen molar-refractivity contribution < 1.29 is 4.92 Å². The lowest BCUT2D eigenvalue weighted by molar-refractivity contribution is -0.402. The van der Waals surface area contributed by atoms with Gasteiger partial charge in [0, 0.05) is 12.2 Å². The fraction of sp³-hybridized carbons (Fsp3) is 0.500. The van der Waals surface area contributed by atoms with Crippen LogP contribution in [-0.4, -0.2) is 21.4 Å². The average molecular weight is 224 g/mol. The zero-order valence-electron chi connectivity index (χ0n) is 9.27. The second kappa shape index (κ2) is 6.60. The van der Waals surface area contributed by atoms with Gasteiger partial charge in [-0.1, -0.05) is 0 Å². The van der Waals surface area contributed by atoms with E-state index in [-0.39, 0.29) is 0 Å². The van der Waals surface area contributed by atoms with Crippen LogP contribution in [0.25, 0.3) is 0 Å². The number of nitro groups is 1. The number of H-pyrrole nitrogens is 1. The molecule has 0 saturated carbocycles. The molecule has 0 aromatic carbocycles. The Morgan fingerprint density at radius 3 is 3.06 bits per heavy atom. The smallest absolute Gasteiger partial charge is 0.249 e. The third kappa shape index (κ3) is 4.59. The SMILES string of the molecule is Cc1[nH]cnc1CCCCNC=C[N+](=O)[O-]. The van der Waals surface area contributed by atoms with Gasteiger partial charge >= 0.3 is 0 Å². The Balaban J connectivity index is 2.05. The summed E-state index contributed by atoms with van der Waals surface area (Å²) < 4.78 is 0. The number of aromatic nitrogens is 2. The predicted octanol–water partition coefficient (Wildman–Crippen LogP) is 1.38. The summed E-state index contributed by atoms with van der Waals surface area (Å²) in [5.41, 5.74) is 2.21. The molecule has 0 spiro atoms. The van der Waals surface area contributed by atoms with Gasteiger partial charge in [-0.15, -0.1) is 0 Å². The second-order valence-electron chi connectivity index (χ2n) is 3.49. The van der Waals surface area contributed by atoms with Crippen LogP contribution in [0.2, 0.25) is 0 Å². The summed E-state index contributed by atoms with van der Waals surface area (Å²) in [7, 11) is 0. The summed E-state index contributed by atoms with van der Waals surface area (Å²) in [5, 5.41) is 12.8. The van der Waals surface area contributed by atoms with Gasteiger partial charge in [0.1, 0.15) is 0 Å². The van der Waals surface area contributed by atoms with E-state index >= 15 is 0 Å². The molecule has 6 heteroatoms. The van der Waals surface area contributed by atoms with E-state index in [1.807, 2.05) is 6.92 Å². The van der Waals surface area contributed by atoms with Crippen molar-refractivity contribution in [3.8, 4) is 0 Å². The highest BCUT2D eigenvalue weighted by atomic mass is 16.6. The molecule has 1 aromatic rings. The van der Waals surface area contributed by atoms with Crippen LogP contribution in [0.3, 0.4) is 0 Å². The maximum Gasteiger partial charge on any atom is 0.249 e. The minimum absolute atomic E-state index is 0.486. The Morgan fingerprint density at radius 2 is 2.44 bits per heavy atom. The molecule has 1 rings (SSSR count). The van der Waals surface area contributed by atoms with Crippen LogP contribution in [0.15, 0.2) is 18.7 Å². The van der Waals surface area contributed by atoms with Crippen molar-refractivity contribution in [3.63, 3.8) is 0 Å². The molecule has 0 aliphatic heterocycles. The molecule has 0 aliphatic rings. The molecule has 0 bridgehead atoms. The molecule has 88 valence electrons. The molecule has 6 nitrogen and oxygen atoms in total. The molecular formula is C10H16N4O2. The van der Waals surface area contributed by atoms with Crippen LogP contribution in [0.1, 0.15) is 24.2 Å². The van der Waals surface area contributed by atoms with Crippen molar-refractivity contribution in [3.05, 3.63) is 40.2 Å². The van der Waals surface area contributed by atoms with E-state index in [9.17, 15) is 10.1 Å². The summed E-state index contributed by atoms with van der Waals surface area (Å²) in [4.78, 5) is 16.7. The zero-order valence-corrected chi connectivity index (χ0v) is 9.27. The molecular weight excluding hydrogens is 208 g/mol. The fourth-order valence-electron chi connectivity index (χ4n) is 1.36. The van der Waals surface area contributed by atoms with Crippen molar-refractivity contribution in [2.45, 2.75) is 26.2 Å². The molecule has 0 fully saturated rings. The van der Waals surface area contributed by atoms with Crippen LogP contribution >= 0.6 is 0 Å². The third-order valence-corrected chi connectivity index (χ3v) is 2.23. The van der Waals surface area contributed by atoms with E-state index in [4.69, 9.17) is 0 Å². The molecule has 0 radical (unpaired) electrons.